The average Bonchev–Trinajstić information content (AvgIpc) is 2.95. The van der Waals surface area contributed by atoms with Crippen molar-refractivity contribution >= 4 is 11.8 Å². The van der Waals surface area contributed by atoms with Crippen LogP contribution in [0.25, 0.3) is 0 Å². The van der Waals surface area contributed by atoms with Crippen LogP contribution in [0.1, 0.15) is 30.2 Å². The minimum absolute atomic E-state index is 0.0718. The first-order valence-corrected chi connectivity index (χ1v) is 5.14. The lowest BCUT2D eigenvalue weighted by Crippen LogP contribution is -2.11. The van der Waals surface area contributed by atoms with Gasteiger partial charge < -0.3 is 9.26 Å². The van der Waals surface area contributed by atoms with Crippen molar-refractivity contribution in [1.29, 1.82) is 0 Å². The Morgan fingerprint density at radius 2 is 2.38 bits per heavy atom. The topological polar surface area (TPSA) is 69.4 Å². The Bertz CT molecular complexity index is 423. The lowest BCUT2D eigenvalue weighted by molar-refractivity contribution is -0.143. The number of carbonyl (C=O) groups excluding carboxylic acids is 2. The number of ether oxygens (including phenoxy) is 1. The van der Waals surface area contributed by atoms with Crippen molar-refractivity contribution in [3.05, 3.63) is 17.5 Å². The molecule has 1 fully saturated rings. The summed E-state index contributed by atoms with van der Waals surface area (Å²) in [5, 5.41) is 3.87. The number of hydrogen-bond acceptors (Lipinski definition) is 5. The summed E-state index contributed by atoms with van der Waals surface area (Å²) in [4.78, 5) is 22.5. The number of ketones is 1. The van der Waals surface area contributed by atoms with Crippen LogP contribution in [0, 0.1) is 12.8 Å². The fraction of sp³-hybridized carbons (Fsp3) is 0.545. The highest BCUT2D eigenvalue weighted by Crippen LogP contribution is 2.48. The zero-order valence-electron chi connectivity index (χ0n) is 9.23. The molecule has 2 unspecified atom stereocenters. The minimum Gasteiger partial charge on any atom is -0.469 e. The van der Waals surface area contributed by atoms with Crippen LogP contribution in [0.3, 0.4) is 0 Å². The Kier molecular flexibility index (Phi) is 2.77. The summed E-state index contributed by atoms with van der Waals surface area (Å²) in [5.74, 6) is 0.212. The molecule has 0 radical (unpaired) electrons. The molecule has 0 spiro atoms. The SMILES string of the molecule is COC(=O)CC(=O)C1CC1c1cc(C)on1. The summed E-state index contributed by atoms with van der Waals surface area (Å²) in [6.45, 7) is 1.81. The first kappa shape index (κ1) is 10.9. The summed E-state index contributed by atoms with van der Waals surface area (Å²) < 4.78 is 9.39. The number of aromatic nitrogens is 1. The fourth-order valence-electron chi connectivity index (χ4n) is 1.78. The van der Waals surface area contributed by atoms with E-state index < -0.39 is 5.97 Å². The normalized spacial score (nSPS) is 22.9. The van der Waals surface area contributed by atoms with Gasteiger partial charge in [-0.1, -0.05) is 5.16 Å². The van der Waals surface area contributed by atoms with Crippen LogP contribution in [0.5, 0.6) is 0 Å². The van der Waals surface area contributed by atoms with Gasteiger partial charge in [-0.2, -0.15) is 0 Å². The summed E-state index contributed by atoms with van der Waals surface area (Å²) in [6.07, 6.45) is 0.607. The van der Waals surface area contributed by atoms with Crippen molar-refractivity contribution in [3.8, 4) is 0 Å². The molecule has 1 aliphatic carbocycles. The summed E-state index contributed by atoms with van der Waals surface area (Å²) >= 11 is 0. The molecule has 0 aromatic carbocycles. The Labute approximate surface area is 92.7 Å². The zero-order chi connectivity index (χ0) is 11.7. The van der Waals surface area contributed by atoms with Crippen molar-refractivity contribution < 1.29 is 18.8 Å². The maximum atomic E-state index is 11.6. The van der Waals surface area contributed by atoms with Crippen LogP contribution >= 0.6 is 0 Å². The molecule has 1 aromatic rings. The maximum absolute atomic E-state index is 11.6. The Morgan fingerprint density at radius 1 is 1.62 bits per heavy atom. The average molecular weight is 223 g/mol. The predicted molar refractivity (Wildman–Crippen MR) is 53.7 cm³/mol. The molecule has 2 rings (SSSR count). The number of rotatable bonds is 4. The van der Waals surface area contributed by atoms with Gasteiger partial charge in [0.2, 0.25) is 0 Å². The molecule has 0 N–H and O–H groups in total. The van der Waals surface area contributed by atoms with Gasteiger partial charge in [-0.15, -0.1) is 0 Å². The lowest BCUT2D eigenvalue weighted by Gasteiger charge is -1.97. The van der Waals surface area contributed by atoms with Gasteiger partial charge in [0.1, 0.15) is 18.0 Å². The second-order valence-electron chi connectivity index (χ2n) is 4.03. The quantitative estimate of drug-likeness (QED) is 0.567. The second-order valence-corrected chi connectivity index (χ2v) is 4.03. The first-order chi connectivity index (χ1) is 7.61. The molecule has 0 saturated heterocycles. The van der Waals surface area contributed by atoms with Crippen LogP contribution in [-0.2, 0) is 14.3 Å². The van der Waals surface area contributed by atoms with Crippen LogP contribution < -0.4 is 0 Å². The van der Waals surface area contributed by atoms with Gasteiger partial charge in [0, 0.05) is 17.9 Å². The van der Waals surface area contributed by atoms with Crippen molar-refractivity contribution in [2.45, 2.75) is 25.7 Å². The number of aryl methyl sites for hydroxylation is 1. The van der Waals surface area contributed by atoms with E-state index in [1.165, 1.54) is 7.11 Å². The molecular weight excluding hydrogens is 210 g/mol. The third-order valence-electron chi connectivity index (χ3n) is 2.78. The monoisotopic (exact) mass is 223 g/mol. The van der Waals surface area contributed by atoms with E-state index in [-0.39, 0.29) is 24.0 Å². The third kappa shape index (κ3) is 2.13. The van der Waals surface area contributed by atoms with Crippen LogP contribution in [0.2, 0.25) is 0 Å². The molecule has 1 aliphatic rings. The number of Topliss-reactive ketones (excluding diaryl/α,β-unsaturated/α-hetero) is 1. The summed E-state index contributed by atoms with van der Waals surface area (Å²) in [6, 6.07) is 1.83. The third-order valence-corrected chi connectivity index (χ3v) is 2.78. The van der Waals surface area contributed by atoms with E-state index in [2.05, 4.69) is 9.89 Å². The van der Waals surface area contributed by atoms with E-state index in [1.54, 1.807) is 0 Å². The van der Waals surface area contributed by atoms with Crippen LogP contribution in [0.4, 0.5) is 0 Å². The van der Waals surface area contributed by atoms with E-state index >= 15 is 0 Å². The predicted octanol–water partition coefficient (Wildman–Crippen LogP) is 1.22. The molecule has 1 heterocycles. The molecule has 1 saturated carbocycles. The smallest absolute Gasteiger partial charge is 0.313 e. The number of esters is 1. The molecule has 2 atom stereocenters. The largest absolute Gasteiger partial charge is 0.469 e. The molecule has 5 heteroatoms. The number of carbonyl (C=O) groups is 2. The molecule has 0 bridgehead atoms. The molecule has 86 valence electrons. The van der Waals surface area contributed by atoms with Gasteiger partial charge in [-0.05, 0) is 13.3 Å². The van der Waals surface area contributed by atoms with Gasteiger partial charge in [0.05, 0.1) is 12.8 Å². The molecule has 16 heavy (non-hydrogen) atoms. The Balaban J connectivity index is 1.91. The van der Waals surface area contributed by atoms with Gasteiger partial charge in [-0.25, -0.2) is 0 Å². The molecule has 1 aromatic heterocycles. The summed E-state index contributed by atoms with van der Waals surface area (Å²) in [7, 11) is 1.28. The maximum Gasteiger partial charge on any atom is 0.313 e. The van der Waals surface area contributed by atoms with Gasteiger partial charge >= 0.3 is 5.97 Å². The van der Waals surface area contributed by atoms with E-state index in [1.807, 2.05) is 13.0 Å². The summed E-state index contributed by atoms with van der Waals surface area (Å²) in [5.41, 5.74) is 0.806. The standard InChI is InChI=1S/C11H13NO4/c1-6-3-9(12-16-6)7-4-8(7)10(13)5-11(14)15-2/h3,7-8H,4-5H2,1-2H3. The first-order valence-electron chi connectivity index (χ1n) is 5.14. The molecule has 0 amide bonds. The number of nitrogens with zero attached hydrogens (tertiary/aromatic N) is 1. The van der Waals surface area contributed by atoms with Crippen LogP contribution in [0.15, 0.2) is 10.6 Å². The van der Waals surface area contributed by atoms with Crippen molar-refractivity contribution in [3.63, 3.8) is 0 Å². The van der Waals surface area contributed by atoms with E-state index in [0.717, 1.165) is 17.9 Å². The van der Waals surface area contributed by atoms with E-state index in [0.29, 0.717) is 0 Å². The van der Waals surface area contributed by atoms with E-state index in [4.69, 9.17) is 4.52 Å². The highest BCUT2D eigenvalue weighted by atomic mass is 16.5. The highest BCUT2D eigenvalue weighted by Gasteiger charge is 2.45. The minimum atomic E-state index is -0.480. The van der Waals surface area contributed by atoms with Gasteiger partial charge in [0.15, 0.2) is 0 Å². The second kappa shape index (κ2) is 4.08. The zero-order valence-corrected chi connectivity index (χ0v) is 9.23. The molecular formula is C11H13NO4. The molecule has 0 aliphatic heterocycles. The van der Waals surface area contributed by atoms with Crippen molar-refractivity contribution in [2.24, 2.45) is 5.92 Å². The van der Waals surface area contributed by atoms with Crippen molar-refractivity contribution in [2.75, 3.05) is 7.11 Å². The Hall–Kier alpha value is -1.65. The fourth-order valence-corrected chi connectivity index (χ4v) is 1.78. The highest BCUT2D eigenvalue weighted by molar-refractivity contribution is 5.98. The number of methoxy groups -OCH3 is 1. The lowest BCUT2D eigenvalue weighted by atomic mass is 10.1. The van der Waals surface area contributed by atoms with Gasteiger partial charge in [-0.3, -0.25) is 9.59 Å². The van der Waals surface area contributed by atoms with E-state index in [9.17, 15) is 9.59 Å². The Morgan fingerprint density at radius 3 is 2.94 bits per heavy atom. The molecule has 5 nitrogen and oxygen atoms in total. The number of hydrogen-bond donors (Lipinski definition) is 0. The van der Waals surface area contributed by atoms with Gasteiger partial charge in [0.25, 0.3) is 0 Å². The van der Waals surface area contributed by atoms with Crippen LogP contribution in [-0.4, -0.2) is 24.0 Å². The van der Waals surface area contributed by atoms with Crippen molar-refractivity contribution in [1.82, 2.24) is 5.16 Å².